The standard InChI is InChI=1S/C15H13Br2NO3/c16-12-8-5-9(13(12)17)11-10(8)14(20)18(15(11)21)6-2-1-3-7(19)4-6/h1-4,8-13,19H,5H2/t8-,9-,10+,11+,12-,13-/m1/s1. The zero-order valence-corrected chi connectivity index (χ0v) is 14.1. The predicted molar refractivity (Wildman–Crippen MR) is 84.6 cm³/mol. The van der Waals surface area contributed by atoms with Gasteiger partial charge in [0, 0.05) is 15.7 Å². The summed E-state index contributed by atoms with van der Waals surface area (Å²) in [6, 6.07) is 6.34. The van der Waals surface area contributed by atoms with Gasteiger partial charge in [-0.3, -0.25) is 9.59 Å². The largest absolute Gasteiger partial charge is 0.508 e. The van der Waals surface area contributed by atoms with Gasteiger partial charge < -0.3 is 5.11 Å². The summed E-state index contributed by atoms with van der Waals surface area (Å²) in [5.74, 6) is -0.193. The van der Waals surface area contributed by atoms with Crippen molar-refractivity contribution in [2.75, 3.05) is 4.90 Å². The number of carbonyl (C=O) groups excluding carboxylic acids is 2. The molecule has 0 unspecified atom stereocenters. The van der Waals surface area contributed by atoms with Crippen LogP contribution in [0, 0.1) is 23.7 Å². The predicted octanol–water partition coefficient (Wildman–Crippen LogP) is 2.67. The summed E-state index contributed by atoms with van der Waals surface area (Å²) < 4.78 is 0. The highest BCUT2D eigenvalue weighted by Crippen LogP contribution is 2.60. The first-order chi connectivity index (χ1) is 10.0. The van der Waals surface area contributed by atoms with Crippen LogP contribution in [0.1, 0.15) is 6.42 Å². The third kappa shape index (κ3) is 1.72. The Hall–Kier alpha value is -0.880. The number of aromatic hydroxyl groups is 1. The average Bonchev–Trinajstić information content (AvgIpc) is 3.04. The molecule has 3 aliphatic rings. The molecule has 1 heterocycles. The maximum absolute atomic E-state index is 12.7. The molecule has 4 rings (SSSR count). The molecule has 1 saturated heterocycles. The van der Waals surface area contributed by atoms with Crippen molar-refractivity contribution in [1.82, 2.24) is 0 Å². The number of hydrogen-bond acceptors (Lipinski definition) is 3. The summed E-state index contributed by atoms with van der Waals surface area (Å²) >= 11 is 7.33. The second-order valence-electron chi connectivity index (χ2n) is 6.04. The van der Waals surface area contributed by atoms with Crippen LogP contribution < -0.4 is 4.90 Å². The molecule has 0 radical (unpaired) electrons. The molecule has 1 aromatic carbocycles. The number of halogens is 2. The summed E-state index contributed by atoms with van der Waals surface area (Å²) in [6.07, 6.45) is 0.923. The van der Waals surface area contributed by atoms with E-state index in [1.807, 2.05) is 0 Å². The lowest BCUT2D eigenvalue weighted by Crippen LogP contribution is -2.37. The van der Waals surface area contributed by atoms with Crippen LogP contribution in [0.25, 0.3) is 0 Å². The molecule has 0 aromatic heterocycles. The zero-order valence-electron chi connectivity index (χ0n) is 10.9. The van der Waals surface area contributed by atoms with E-state index >= 15 is 0 Å². The van der Waals surface area contributed by atoms with Crippen molar-refractivity contribution in [3.05, 3.63) is 24.3 Å². The minimum atomic E-state index is -0.219. The Bertz CT molecular complexity index is 618. The summed E-state index contributed by atoms with van der Waals surface area (Å²) in [5.41, 5.74) is 0.469. The van der Waals surface area contributed by atoms with Crippen molar-refractivity contribution >= 4 is 49.4 Å². The van der Waals surface area contributed by atoms with Crippen LogP contribution in [-0.4, -0.2) is 26.6 Å². The van der Waals surface area contributed by atoms with Gasteiger partial charge in [-0.2, -0.15) is 0 Å². The van der Waals surface area contributed by atoms with Crippen LogP contribution in [0.4, 0.5) is 5.69 Å². The third-order valence-electron chi connectivity index (χ3n) is 5.08. The van der Waals surface area contributed by atoms with Crippen molar-refractivity contribution in [3.63, 3.8) is 0 Å². The first-order valence-electron chi connectivity index (χ1n) is 6.95. The second-order valence-corrected chi connectivity index (χ2v) is 8.15. The Labute approximate surface area is 138 Å². The topological polar surface area (TPSA) is 57.6 Å². The van der Waals surface area contributed by atoms with E-state index < -0.39 is 0 Å². The van der Waals surface area contributed by atoms with Crippen LogP contribution in [0.2, 0.25) is 0 Å². The number of alkyl halides is 2. The highest BCUT2D eigenvalue weighted by Gasteiger charge is 2.66. The summed E-state index contributed by atoms with van der Waals surface area (Å²) in [4.78, 5) is 27.2. The van der Waals surface area contributed by atoms with Gasteiger partial charge in [0.05, 0.1) is 17.5 Å². The molecular formula is C15H13Br2NO3. The fourth-order valence-corrected chi connectivity index (χ4v) is 6.11. The van der Waals surface area contributed by atoms with E-state index in [0.717, 1.165) is 6.42 Å². The van der Waals surface area contributed by atoms with Gasteiger partial charge >= 0.3 is 0 Å². The quantitative estimate of drug-likeness (QED) is 0.567. The minimum absolute atomic E-state index is 0.0601. The first kappa shape index (κ1) is 13.8. The number of phenols is 1. The average molecular weight is 415 g/mol. The number of fused-ring (bicyclic) bond motifs is 5. The van der Waals surface area contributed by atoms with Gasteiger partial charge in [0.15, 0.2) is 0 Å². The van der Waals surface area contributed by atoms with E-state index in [9.17, 15) is 14.7 Å². The molecule has 21 heavy (non-hydrogen) atoms. The molecule has 6 atom stereocenters. The van der Waals surface area contributed by atoms with Gasteiger partial charge in [-0.05, 0) is 30.4 Å². The fourth-order valence-electron chi connectivity index (χ4n) is 4.24. The van der Waals surface area contributed by atoms with Crippen molar-refractivity contribution in [1.29, 1.82) is 0 Å². The van der Waals surface area contributed by atoms with E-state index in [2.05, 4.69) is 31.9 Å². The Kier molecular flexibility index (Phi) is 2.99. The number of imide groups is 1. The SMILES string of the molecule is O=C1[C@H]2[C@H]3C[C@@H]([C@@H](Br)[C@@H]3Br)[C@@H]2C(=O)N1c1cccc(O)c1. The lowest BCUT2D eigenvalue weighted by molar-refractivity contribution is -0.123. The lowest BCUT2D eigenvalue weighted by Gasteiger charge is -2.28. The van der Waals surface area contributed by atoms with E-state index in [1.165, 1.54) is 17.0 Å². The molecule has 6 heteroatoms. The number of benzene rings is 1. The zero-order chi connectivity index (χ0) is 14.9. The molecular weight excluding hydrogens is 402 g/mol. The van der Waals surface area contributed by atoms with E-state index in [1.54, 1.807) is 12.1 Å². The van der Waals surface area contributed by atoms with Crippen molar-refractivity contribution < 1.29 is 14.7 Å². The van der Waals surface area contributed by atoms with Gasteiger partial charge in [0.25, 0.3) is 0 Å². The first-order valence-corrected chi connectivity index (χ1v) is 8.79. The fraction of sp³-hybridized carbons (Fsp3) is 0.467. The van der Waals surface area contributed by atoms with Crippen LogP contribution in [0.3, 0.4) is 0 Å². The number of phenolic OH excluding ortho intramolecular Hbond substituents is 1. The maximum Gasteiger partial charge on any atom is 0.238 e. The number of hydrogen-bond donors (Lipinski definition) is 1. The van der Waals surface area contributed by atoms with Gasteiger partial charge in [0.2, 0.25) is 11.8 Å². The highest BCUT2D eigenvalue weighted by molar-refractivity contribution is 9.12. The number of carbonyl (C=O) groups is 2. The number of anilines is 1. The summed E-state index contributed by atoms with van der Waals surface area (Å²) in [7, 11) is 0. The Morgan fingerprint density at radius 1 is 1.05 bits per heavy atom. The Morgan fingerprint density at radius 3 is 2.14 bits per heavy atom. The van der Waals surface area contributed by atoms with Crippen LogP contribution in [-0.2, 0) is 9.59 Å². The number of nitrogens with zero attached hydrogens (tertiary/aromatic N) is 1. The molecule has 2 saturated carbocycles. The van der Waals surface area contributed by atoms with E-state index in [4.69, 9.17) is 0 Å². The molecule has 1 aromatic rings. The van der Waals surface area contributed by atoms with Crippen LogP contribution in [0.5, 0.6) is 5.75 Å². The van der Waals surface area contributed by atoms with Gasteiger partial charge in [0.1, 0.15) is 5.75 Å². The van der Waals surface area contributed by atoms with Gasteiger partial charge in [-0.1, -0.05) is 37.9 Å². The van der Waals surface area contributed by atoms with Crippen molar-refractivity contribution in [2.45, 2.75) is 16.1 Å². The lowest BCUT2D eigenvalue weighted by atomic mass is 9.81. The van der Waals surface area contributed by atoms with Crippen LogP contribution in [0.15, 0.2) is 24.3 Å². The maximum atomic E-state index is 12.7. The Morgan fingerprint density at radius 2 is 1.62 bits per heavy atom. The minimum Gasteiger partial charge on any atom is -0.508 e. The smallest absolute Gasteiger partial charge is 0.238 e. The van der Waals surface area contributed by atoms with Crippen molar-refractivity contribution in [3.8, 4) is 5.75 Å². The molecule has 2 aliphatic carbocycles. The molecule has 2 bridgehead atoms. The molecule has 3 fully saturated rings. The van der Waals surface area contributed by atoms with Crippen molar-refractivity contribution in [2.24, 2.45) is 23.7 Å². The highest BCUT2D eigenvalue weighted by atomic mass is 79.9. The number of amides is 2. The van der Waals surface area contributed by atoms with E-state index in [0.29, 0.717) is 5.69 Å². The van der Waals surface area contributed by atoms with E-state index in [-0.39, 0.29) is 50.9 Å². The molecule has 2 amide bonds. The third-order valence-corrected chi connectivity index (χ3v) is 8.28. The monoisotopic (exact) mass is 413 g/mol. The summed E-state index contributed by atoms with van der Waals surface area (Å²) in [5, 5.41) is 9.59. The molecule has 4 nitrogen and oxygen atoms in total. The number of rotatable bonds is 1. The van der Waals surface area contributed by atoms with Gasteiger partial charge in [-0.25, -0.2) is 4.90 Å². The molecule has 0 spiro atoms. The molecule has 1 aliphatic heterocycles. The summed E-state index contributed by atoms with van der Waals surface area (Å²) in [6.45, 7) is 0. The van der Waals surface area contributed by atoms with Crippen LogP contribution >= 0.6 is 31.9 Å². The van der Waals surface area contributed by atoms with Gasteiger partial charge in [-0.15, -0.1) is 0 Å². The normalized spacial score (nSPS) is 41.0. The molecule has 1 N–H and O–H groups in total. The second kappa shape index (κ2) is 4.56. The molecule has 110 valence electrons. The Balaban J connectivity index is 1.75.